The lowest BCUT2D eigenvalue weighted by Crippen LogP contribution is -2.45. The number of pyridine rings is 1. The van der Waals surface area contributed by atoms with Crippen LogP contribution in [-0.4, -0.2) is 29.7 Å². The van der Waals surface area contributed by atoms with Crippen LogP contribution < -0.4 is 0 Å². The molecule has 5 heteroatoms. The lowest BCUT2D eigenvalue weighted by atomic mass is 9.84. The van der Waals surface area contributed by atoms with E-state index in [-0.39, 0.29) is 22.2 Å². The summed E-state index contributed by atoms with van der Waals surface area (Å²) in [7, 11) is -3.00. The van der Waals surface area contributed by atoms with Crippen molar-refractivity contribution in [1.82, 2.24) is 4.98 Å². The van der Waals surface area contributed by atoms with Crippen molar-refractivity contribution < 1.29 is 13.2 Å². The molecule has 2 aromatic rings. The highest BCUT2D eigenvalue weighted by Crippen LogP contribution is 2.40. The summed E-state index contributed by atoms with van der Waals surface area (Å²) in [6.45, 7) is 0. The summed E-state index contributed by atoms with van der Waals surface area (Å²) in [6, 6.07) is 9.78. The predicted octanol–water partition coefficient (Wildman–Crippen LogP) is 3.09. The van der Waals surface area contributed by atoms with E-state index in [0.717, 1.165) is 35.7 Å². The minimum Gasteiger partial charge on any atom is -0.299 e. The Balaban J connectivity index is 1.57. The van der Waals surface area contributed by atoms with Gasteiger partial charge in [-0.15, -0.1) is 0 Å². The van der Waals surface area contributed by atoms with Crippen LogP contribution in [0.4, 0.5) is 0 Å². The SMILES string of the molecule is O=C(Cc1cccc2cccnc12)C1CC2CCCC(C1)S2(=O)=O. The Morgan fingerprint density at radius 2 is 1.79 bits per heavy atom. The molecular formula is C19H21NO3S. The molecule has 4 rings (SSSR count). The summed E-state index contributed by atoms with van der Waals surface area (Å²) < 4.78 is 24.8. The summed E-state index contributed by atoms with van der Waals surface area (Å²) in [5.74, 6) is 0.0442. The maximum absolute atomic E-state index is 12.8. The number of carbonyl (C=O) groups is 1. The Morgan fingerprint density at radius 1 is 1.08 bits per heavy atom. The topological polar surface area (TPSA) is 64.1 Å². The fourth-order valence-electron chi connectivity index (χ4n) is 4.31. The van der Waals surface area contributed by atoms with Crippen LogP contribution in [0.5, 0.6) is 0 Å². The molecule has 0 N–H and O–H groups in total. The van der Waals surface area contributed by atoms with Crippen LogP contribution >= 0.6 is 0 Å². The van der Waals surface area contributed by atoms with Crippen LogP contribution in [0.3, 0.4) is 0 Å². The van der Waals surface area contributed by atoms with E-state index in [9.17, 15) is 13.2 Å². The molecule has 2 atom stereocenters. The first kappa shape index (κ1) is 15.8. The monoisotopic (exact) mass is 343 g/mol. The van der Waals surface area contributed by atoms with Gasteiger partial charge < -0.3 is 0 Å². The number of carbonyl (C=O) groups excluding carboxylic acids is 1. The van der Waals surface area contributed by atoms with Gasteiger partial charge in [0.2, 0.25) is 0 Å². The number of aromatic nitrogens is 1. The van der Waals surface area contributed by atoms with E-state index in [0.29, 0.717) is 19.3 Å². The van der Waals surface area contributed by atoms with Gasteiger partial charge in [-0.05, 0) is 37.3 Å². The molecule has 2 aliphatic heterocycles. The lowest BCUT2D eigenvalue weighted by Gasteiger charge is -2.38. The number of hydrogen-bond donors (Lipinski definition) is 0. The standard InChI is InChI=1S/C19H21NO3S/c21-18(12-14-5-1-4-13-6-3-9-20-19(13)14)15-10-16-7-2-8-17(11-15)24(16,22)23/h1,3-6,9,15-17H,2,7-8,10-12H2. The predicted molar refractivity (Wildman–Crippen MR) is 93.5 cm³/mol. The Kier molecular flexibility index (Phi) is 3.91. The van der Waals surface area contributed by atoms with Crippen LogP contribution in [0.25, 0.3) is 10.9 Å². The van der Waals surface area contributed by atoms with E-state index in [4.69, 9.17) is 0 Å². The molecule has 0 radical (unpaired) electrons. The lowest BCUT2D eigenvalue weighted by molar-refractivity contribution is -0.122. The largest absolute Gasteiger partial charge is 0.299 e. The number of rotatable bonds is 3. The molecule has 1 aromatic carbocycles. The molecule has 2 bridgehead atoms. The molecule has 0 amide bonds. The molecule has 24 heavy (non-hydrogen) atoms. The normalized spacial score (nSPS) is 28.6. The van der Waals surface area contributed by atoms with E-state index < -0.39 is 9.84 Å². The first-order valence-electron chi connectivity index (χ1n) is 8.64. The molecule has 3 heterocycles. The number of fused-ring (bicyclic) bond motifs is 3. The quantitative estimate of drug-likeness (QED) is 0.859. The zero-order valence-corrected chi connectivity index (χ0v) is 14.3. The second-order valence-corrected chi connectivity index (χ2v) is 9.58. The average Bonchev–Trinajstić information content (AvgIpc) is 2.54. The Morgan fingerprint density at radius 3 is 2.54 bits per heavy atom. The summed E-state index contributed by atoms with van der Waals surface area (Å²) in [4.78, 5) is 17.2. The van der Waals surface area contributed by atoms with Gasteiger partial charge in [-0.1, -0.05) is 30.7 Å². The highest BCUT2D eigenvalue weighted by molar-refractivity contribution is 7.92. The summed E-state index contributed by atoms with van der Waals surface area (Å²) >= 11 is 0. The van der Waals surface area contributed by atoms with Crippen LogP contribution in [0.1, 0.15) is 37.7 Å². The van der Waals surface area contributed by atoms with Gasteiger partial charge in [-0.3, -0.25) is 9.78 Å². The molecule has 2 unspecified atom stereocenters. The first-order valence-corrected chi connectivity index (χ1v) is 10.2. The van der Waals surface area contributed by atoms with Crippen LogP contribution in [0.2, 0.25) is 0 Å². The highest BCUT2D eigenvalue weighted by atomic mass is 32.2. The fourth-order valence-corrected chi connectivity index (χ4v) is 6.85. The van der Waals surface area contributed by atoms with E-state index in [1.165, 1.54) is 0 Å². The van der Waals surface area contributed by atoms with E-state index >= 15 is 0 Å². The minimum absolute atomic E-state index is 0.122. The summed E-state index contributed by atoms with van der Waals surface area (Å²) in [6.07, 6.45) is 5.53. The third-order valence-corrected chi connectivity index (χ3v) is 8.33. The van der Waals surface area contributed by atoms with Crippen molar-refractivity contribution in [1.29, 1.82) is 0 Å². The van der Waals surface area contributed by atoms with Crippen molar-refractivity contribution in [2.75, 3.05) is 0 Å². The van der Waals surface area contributed by atoms with Crippen molar-refractivity contribution in [3.05, 3.63) is 42.1 Å². The van der Waals surface area contributed by atoms with Crippen LogP contribution in [0, 0.1) is 5.92 Å². The fraction of sp³-hybridized carbons (Fsp3) is 0.474. The van der Waals surface area contributed by atoms with Gasteiger partial charge in [-0.2, -0.15) is 0 Å². The number of sulfone groups is 1. The van der Waals surface area contributed by atoms with Crippen molar-refractivity contribution >= 4 is 26.5 Å². The van der Waals surface area contributed by atoms with Gasteiger partial charge in [-0.25, -0.2) is 8.42 Å². The summed E-state index contributed by atoms with van der Waals surface area (Å²) in [5, 5.41) is 0.431. The maximum Gasteiger partial charge on any atom is 0.156 e. The Bertz CT molecular complexity index is 865. The molecule has 1 aromatic heterocycles. The van der Waals surface area contributed by atoms with Gasteiger partial charge in [0, 0.05) is 23.9 Å². The van der Waals surface area contributed by atoms with Gasteiger partial charge in [0.25, 0.3) is 0 Å². The number of ketones is 1. The van der Waals surface area contributed by atoms with Crippen molar-refractivity contribution in [2.45, 2.75) is 49.0 Å². The minimum atomic E-state index is -3.00. The summed E-state index contributed by atoms with van der Waals surface area (Å²) in [5.41, 5.74) is 1.81. The smallest absolute Gasteiger partial charge is 0.156 e. The van der Waals surface area contributed by atoms with E-state index in [1.807, 2.05) is 30.3 Å². The molecule has 0 aliphatic carbocycles. The van der Waals surface area contributed by atoms with E-state index in [1.54, 1.807) is 6.20 Å². The average molecular weight is 343 g/mol. The number of hydrogen-bond acceptors (Lipinski definition) is 4. The molecule has 0 saturated carbocycles. The van der Waals surface area contributed by atoms with Crippen LogP contribution in [-0.2, 0) is 21.1 Å². The molecule has 2 saturated heterocycles. The van der Waals surface area contributed by atoms with Crippen LogP contribution in [0.15, 0.2) is 36.5 Å². The van der Waals surface area contributed by atoms with E-state index in [2.05, 4.69) is 4.98 Å². The molecule has 0 spiro atoms. The molecule has 126 valence electrons. The second-order valence-electron chi connectivity index (χ2n) is 7.07. The van der Waals surface area contributed by atoms with Gasteiger partial charge in [0.15, 0.2) is 9.84 Å². The van der Waals surface area contributed by atoms with Crippen molar-refractivity contribution in [2.24, 2.45) is 5.92 Å². The first-order chi connectivity index (χ1) is 11.6. The van der Waals surface area contributed by atoms with Crippen molar-refractivity contribution in [3.63, 3.8) is 0 Å². The number of benzene rings is 1. The van der Waals surface area contributed by atoms with Gasteiger partial charge in [0.05, 0.1) is 16.0 Å². The molecular weight excluding hydrogens is 322 g/mol. The Labute approximate surface area is 142 Å². The number of nitrogens with zero attached hydrogens (tertiary/aromatic N) is 1. The number of para-hydroxylation sites is 1. The maximum atomic E-state index is 12.8. The molecule has 2 aliphatic rings. The van der Waals surface area contributed by atoms with Gasteiger partial charge >= 0.3 is 0 Å². The zero-order valence-electron chi connectivity index (χ0n) is 13.5. The molecule has 2 fully saturated rings. The Hall–Kier alpha value is -1.75. The van der Waals surface area contributed by atoms with Crippen molar-refractivity contribution in [3.8, 4) is 0 Å². The third kappa shape index (κ3) is 2.65. The third-order valence-electron chi connectivity index (χ3n) is 5.61. The zero-order chi connectivity index (χ0) is 16.7. The number of Topliss-reactive ketones (excluding diaryl/α,β-unsaturated/α-hetero) is 1. The van der Waals surface area contributed by atoms with Gasteiger partial charge in [0.1, 0.15) is 5.78 Å². The molecule has 4 nitrogen and oxygen atoms in total. The highest BCUT2D eigenvalue weighted by Gasteiger charge is 2.45. The second kappa shape index (κ2) is 5.96.